The van der Waals surface area contributed by atoms with E-state index in [0.717, 1.165) is 11.3 Å². The molecule has 2 aromatic carbocycles. The highest BCUT2D eigenvalue weighted by atomic mass is 16.5. The molecular weight excluding hydrogens is 318 g/mol. The summed E-state index contributed by atoms with van der Waals surface area (Å²) in [4.78, 5) is 12.1. The largest absolute Gasteiger partial charge is 0.497 e. The van der Waals surface area contributed by atoms with Crippen LogP contribution in [-0.2, 0) is 4.79 Å². The van der Waals surface area contributed by atoms with Crippen LogP contribution in [0.15, 0.2) is 60.8 Å². The lowest BCUT2D eigenvalue weighted by Crippen LogP contribution is -2.20. The average Bonchev–Trinajstić information content (AvgIpc) is 3.02. The Kier molecular flexibility index (Phi) is 4.99. The van der Waals surface area contributed by atoms with Crippen LogP contribution in [0.25, 0.3) is 5.69 Å². The number of hydrogen-bond acceptors (Lipinski definition) is 4. The number of amides is 1. The van der Waals surface area contributed by atoms with Crippen LogP contribution in [0.5, 0.6) is 11.6 Å². The van der Waals surface area contributed by atoms with Crippen LogP contribution in [0.3, 0.4) is 0 Å². The number of nitrogens with zero attached hydrogens (tertiary/aromatic N) is 2. The third-order valence-corrected chi connectivity index (χ3v) is 3.57. The molecule has 6 nitrogen and oxygen atoms in total. The van der Waals surface area contributed by atoms with E-state index in [4.69, 9.17) is 9.47 Å². The summed E-state index contributed by atoms with van der Waals surface area (Å²) in [7, 11) is 1.58. The first kappa shape index (κ1) is 16.6. The van der Waals surface area contributed by atoms with E-state index in [0.29, 0.717) is 17.3 Å². The van der Waals surface area contributed by atoms with Crippen LogP contribution in [0.2, 0.25) is 0 Å². The van der Waals surface area contributed by atoms with Crippen molar-refractivity contribution in [3.63, 3.8) is 0 Å². The standard InChI is InChI=1S/C19H19N3O3/c1-14-12-22(16-8-4-3-5-9-16)21-19(14)25-13-18(23)20-15-7-6-10-17(11-15)24-2/h3-12H,13H2,1-2H3,(H,20,23). The van der Waals surface area contributed by atoms with Gasteiger partial charge in [-0.3, -0.25) is 4.79 Å². The van der Waals surface area contributed by atoms with E-state index in [1.807, 2.05) is 49.5 Å². The molecule has 1 heterocycles. The minimum atomic E-state index is -0.262. The number of carbonyl (C=O) groups excluding carboxylic acids is 1. The van der Waals surface area contributed by atoms with Crippen LogP contribution in [0, 0.1) is 6.92 Å². The number of ether oxygens (including phenoxy) is 2. The minimum absolute atomic E-state index is 0.121. The van der Waals surface area contributed by atoms with Gasteiger partial charge in [0.15, 0.2) is 6.61 Å². The molecule has 1 N–H and O–H groups in total. The lowest BCUT2D eigenvalue weighted by atomic mass is 10.3. The first-order valence-corrected chi connectivity index (χ1v) is 7.84. The Morgan fingerprint density at radius 3 is 2.72 bits per heavy atom. The first-order chi connectivity index (χ1) is 12.2. The van der Waals surface area contributed by atoms with Gasteiger partial charge in [0.25, 0.3) is 5.91 Å². The minimum Gasteiger partial charge on any atom is -0.497 e. The molecule has 0 aliphatic carbocycles. The fraction of sp³-hybridized carbons (Fsp3) is 0.158. The van der Waals surface area contributed by atoms with Crippen molar-refractivity contribution < 1.29 is 14.3 Å². The lowest BCUT2D eigenvalue weighted by Gasteiger charge is -2.07. The summed E-state index contributed by atoms with van der Waals surface area (Å²) in [5.74, 6) is 0.850. The van der Waals surface area contributed by atoms with Crippen molar-refractivity contribution in [3.05, 3.63) is 66.4 Å². The fourth-order valence-corrected chi connectivity index (χ4v) is 2.33. The highest BCUT2D eigenvalue weighted by molar-refractivity contribution is 5.92. The smallest absolute Gasteiger partial charge is 0.262 e. The highest BCUT2D eigenvalue weighted by Crippen LogP contribution is 2.19. The summed E-state index contributed by atoms with van der Waals surface area (Å²) >= 11 is 0. The van der Waals surface area contributed by atoms with Gasteiger partial charge in [0.1, 0.15) is 5.75 Å². The molecule has 25 heavy (non-hydrogen) atoms. The molecule has 6 heteroatoms. The summed E-state index contributed by atoms with van der Waals surface area (Å²) in [6.45, 7) is 1.77. The SMILES string of the molecule is COc1cccc(NC(=O)COc2nn(-c3ccccc3)cc2C)c1. The van der Waals surface area contributed by atoms with Gasteiger partial charge in [-0.05, 0) is 31.2 Å². The molecule has 0 bridgehead atoms. The van der Waals surface area contributed by atoms with Crippen LogP contribution < -0.4 is 14.8 Å². The zero-order chi connectivity index (χ0) is 17.6. The molecule has 1 aromatic heterocycles. The second kappa shape index (κ2) is 7.53. The van der Waals surface area contributed by atoms with Crippen molar-refractivity contribution in [2.45, 2.75) is 6.92 Å². The van der Waals surface area contributed by atoms with Crippen molar-refractivity contribution in [2.75, 3.05) is 19.0 Å². The summed E-state index contributed by atoms with van der Waals surface area (Å²) in [6, 6.07) is 16.9. The first-order valence-electron chi connectivity index (χ1n) is 7.84. The van der Waals surface area contributed by atoms with Gasteiger partial charge < -0.3 is 14.8 Å². The molecule has 0 spiro atoms. The Balaban J connectivity index is 1.61. The van der Waals surface area contributed by atoms with Gasteiger partial charge in [0.2, 0.25) is 5.88 Å². The van der Waals surface area contributed by atoms with E-state index < -0.39 is 0 Å². The Labute approximate surface area is 146 Å². The maximum atomic E-state index is 12.1. The zero-order valence-electron chi connectivity index (χ0n) is 14.1. The number of hydrogen-bond donors (Lipinski definition) is 1. The normalized spacial score (nSPS) is 10.3. The highest BCUT2D eigenvalue weighted by Gasteiger charge is 2.10. The molecule has 0 fully saturated rings. The molecule has 128 valence electrons. The van der Waals surface area contributed by atoms with Crippen LogP contribution in [0.4, 0.5) is 5.69 Å². The topological polar surface area (TPSA) is 65.4 Å². The number of nitrogens with one attached hydrogen (secondary N) is 1. The Morgan fingerprint density at radius 1 is 1.16 bits per heavy atom. The fourth-order valence-electron chi connectivity index (χ4n) is 2.33. The van der Waals surface area contributed by atoms with Gasteiger partial charge in [-0.2, -0.15) is 0 Å². The summed E-state index contributed by atoms with van der Waals surface area (Å²) in [5, 5.41) is 7.15. The molecule has 0 radical (unpaired) electrons. The maximum absolute atomic E-state index is 12.1. The van der Waals surface area contributed by atoms with E-state index >= 15 is 0 Å². The monoisotopic (exact) mass is 337 g/mol. The summed E-state index contributed by atoms with van der Waals surface area (Å²) in [6.07, 6.45) is 1.87. The quantitative estimate of drug-likeness (QED) is 0.750. The predicted molar refractivity (Wildman–Crippen MR) is 95.4 cm³/mol. The number of aromatic nitrogens is 2. The number of aryl methyl sites for hydroxylation is 1. The molecular formula is C19H19N3O3. The van der Waals surface area contributed by atoms with Gasteiger partial charge in [-0.25, -0.2) is 4.68 Å². The molecule has 0 atom stereocenters. The number of benzene rings is 2. The Hall–Kier alpha value is -3.28. The molecule has 0 saturated carbocycles. The molecule has 3 aromatic rings. The number of anilines is 1. The van der Waals surface area contributed by atoms with Crippen molar-refractivity contribution in [1.82, 2.24) is 9.78 Å². The molecule has 0 saturated heterocycles. The van der Waals surface area contributed by atoms with Gasteiger partial charge in [-0.15, -0.1) is 5.10 Å². The number of para-hydroxylation sites is 1. The van der Waals surface area contributed by atoms with Gasteiger partial charge in [-0.1, -0.05) is 24.3 Å². The molecule has 0 aliphatic heterocycles. The van der Waals surface area contributed by atoms with Crippen LogP contribution in [-0.4, -0.2) is 29.4 Å². The Bertz CT molecular complexity index is 859. The second-order valence-corrected chi connectivity index (χ2v) is 5.47. The summed E-state index contributed by atoms with van der Waals surface area (Å²) in [5.41, 5.74) is 2.44. The van der Waals surface area contributed by atoms with Crippen LogP contribution >= 0.6 is 0 Å². The van der Waals surface area contributed by atoms with Gasteiger partial charge >= 0.3 is 0 Å². The molecule has 0 aliphatic rings. The average molecular weight is 337 g/mol. The van der Waals surface area contributed by atoms with Crippen molar-refractivity contribution >= 4 is 11.6 Å². The van der Waals surface area contributed by atoms with Crippen molar-refractivity contribution in [1.29, 1.82) is 0 Å². The van der Waals surface area contributed by atoms with Gasteiger partial charge in [0.05, 0.1) is 12.8 Å². The number of carbonyl (C=O) groups is 1. The van der Waals surface area contributed by atoms with E-state index in [1.165, 1.54) is 0 Å². The van der Waals surface area contributed by atoms with E-state index in [1.54, 1.807) is 30.0 Å². The van der Waals surface area contributed by atoms with E-state index in [2.05, 4.69) is 10.4 Å². The predicted octanol–water partition coefficient (Wildman–Crippen LogP) is 3.21. The van der Waals surface area contributed by atoms with Gasteiger partial charge in [0, 0.05) is 23.5 Å². The molecule has 0 unspecified atom stereocenters. The molecule has 3 rings (SSSR count). The van der Waals surface area contributed by atoms with Crippen molar-refractivity contribution in [3.8, 4) is 17.3 Å². The maximum Gasteiger partial charge on any atom is 0.262 e. The third kappa shape index (κ3) is 4.17. The number of rotatable bonds is 6. The van der Waals surface area contributed by atoms with Crippen LogP contribution in [0.1, 0.15) is 5.56 Å². The zero-order valence-corrected chi connectivity index (χ0v) is 14.1. The van der Waals surface area contributed by atoms with Crippen molar-refractivity contribution in [2.24, 2.45) is 0 Å². The van der Waals surface area contributed by atoms with E-state index in [-0.39, 0.29) is 12.5 Å². The number of methoxy groups -OCH3 is 1. The summed E-state index contributed by atoms with van der Waals surface area (Å²) < 4.78 is 12.4. The third-order valence-electron chi connectivity index (χ3n) is 3.57. The van der Waals surface area contributed by atoms with E-state index in [9.17, 15) is 4.79 Å². The lowest BCUT2D eigenvalue weighted by molar-refractivity contribution is -0.118. The second-order valence-electron chi connectivity index (χ2n) is 5.47. The molecule has 1 amide bonds. The Morgan fingerprint density at radius 2 is 1.96 bits per heavy atom.